The van der Waals surface area contributed by atoms with Gasteiger partial charge in [0, 0.05) is 25.7 Å². The number of hydrogen-bond donors (Lipinski definition) is 1. The number of nitrogens with one attached hydrogen (secondary N) is 1. The summed E-state index contributed by atoms with van der Waals surface area (Å²) in [5.74, 6) is 0. The van der Waals surface area contributed by atoms with E-state index < -0.39 is 11.9 Å². The molecule has 0 spiro atoms. The lowest BCUT2D eigenvalue weighted by Crippen LogP contribution is -2.39. The zero-order chi connectivity index (χ0) is 13.2. The molecule has 1 N–H and O–H groups in total. The smallest absolute Gasteiger partial charge is 0.375 e. The molecule has 6 heteroatoms. The van der Waals surface area contributed by atoms with Gasteiger partial charge in [-0.2, -0.15) is 13.2 Å². The number of morpholine rings is 1. The number of nitrogens with zero attached hydrogens (tertiary/aromatic N) is 1. The zero-order valence-electron chi connectivity index (χ0n) is 10.0. The highest BCUT2D eigenvalue weighted by atomic mass is 19.4. The maximum Gasteiger partial charge on any atom is 0.433 e. The molecule has 0 saturated carbocycles. The second-order valence-corrected chi connectivity index (χ2v) is 4.39. The summed E-state index contributed by atoms with van der Waals surface area (Å²) in [6, 6.07) is 1.09. The predicted molar refractivity (Wildman–Crippen MR) is 60.3 cm³/mol. The largest absolute Gasteiger partial charge is 0.433 e. The van der Waals surface area contributed by atoms with Crippen LogP contribution in [0.15, 0.2) is 12.3 Å². The van der Waals surface area contributed by atoms with Gasteiger partial charge in [-0.25, -0.2) is 0 Å². The normalized spacial score (nSPS) is 21.0. The molecule has 100 valence electrons. The monoisotopic (exact) mass is 260 g/mol. The van der Waals surface area contributed by atoms with E-state index in [-0.39, 0.29) is 6.10 Å². The minimum Gasteiger partial charge on any atom is -0.375 e. The van der Waals surface area contributed by atoms with Gasteiger partial charge in [0.25, 0.3) is 0 Å². The summed E-state index contributed by atoms with van der Waals surface area (Å²) >= 11 is 0. The maximum absolute atomic E-state index is 12.5. The Hall–Kier alpha value is -1.14. The molecule has 2 heterocycles. The molecule has 1 saturated heterocycles. The van der Waals surface area contributed by atoms with Gasteiger partial charge < -0.3 is 10.1 Å². The van der Waals surface area contributed by atoms with Crippen LogP contribution < -0.4 is 5.32 Å². The fourth-order valence-electron chi connectivity index (χ4n) is 1.95. The van der Waals surface area contributed by atoms with Crippen molar-refractivity contribution in [2.24, 2.45) is 0 Å². The van der Waals surface area contributed by atoms with E-state index >= 15 is 0 Å². The van der Waals surface area contributed by atoms with Gasteiger partial charge in [0.15, 0.2) is 0 Å². The Balaban J connectivity index is 2.09. The number of halogens is 3. The van der Waals surface area contributed by atoms with Gasteiger partial charge in [0.1, 0.15) is 5.69 Å². The van der Waals surface area contributed by atoms with Crippen LogP contribution in [0.5, 0.6) is 0 Å². The van der Waals surface area contributed by atoms with E-state index in [0.717, 1.165) is 24.7 Å². The lowest BCUT2D eigenvalue weighted by molar-refractivity contribution is -0.141. The Kier molecular flexibility index (Phi) is 3.87. The highest BCUT2D eigenvalue weighted by Gasteiger charge is 2.32. The fraction of sp³-hybridized carbons (Fsp3) is 0.583. The number of pyridine rings is 1. The molecule has 1 unspecified atom stereocenters. The van der Waals surface area contributed by atoms with Crippen LogP contribution in [0.3, 0.4) is 0 Å². The molecule has 0 radical (unpaired) electrons. The molecule has 1 aliphatic rings. The summed E-state index contributed by atoms with van der Waals surface area (Å²) in [5.41, 5.74) is 0.564. The van der Waals surface area contributed by atoms with E-state index in [1.165, 1.54) is 6.20 Å². The number of rotatable bonds is 2. The number of aryl methyl sites for hydroxylation is 1. The Labute approximate surface area is 103 Å². The van der Waals surface area contributed by atoms with Crippen molar-refractivity contribution < 1.29 is 17.9 Å². The van der Waals surface area contributed by atoms with E-state index in [0.29, 0.717) is 18.6 Å². The number of aromatic nitrogens is 1. The van der Waals surface area contributed by atoms with Gasteiger partial charge in [-0.15, -0.1) is 0 Å². The van der Waals surface area contributed by atoms with E-state index in [1.54, 1.807) is 6.92 Å². The fourth-order valence-corrected chi connectivity index (χ4v) is 1.95. The zero-order valence-corrected chi connectivity index (χ0v) is 10.0. The van der Waals surface area contributed by atoms with Crippen LogP contribution in [0.1, 0.15) is 16.8 Å². The summed E-state index contributed by atoms with van der Waals surface area (Å²) in [6.45, 7) is 3.85. The predicted octanol–water partition coefficient (Wildman–Crippen LogP) is 1.94. The van der Waals surface area contributed by atoms with Gasteiger partial charge in [0.2, 0.25) is 0 Å². The van der Waals surface area contributed by atoms with Crippen LogP contribution in [0.25, 0.3) is 0 Å². The lowest BCUT2D eigenvalue weighted by Gasteiger charge is -2.24. The molecule has 1 aliphatic heterocycles. The molecule has 3 nitrogen and oxygen atoms in total. The second-order valence-electron chi connectivity index (χ2n) is 4.39. The molecule has 0 aliphatic carbocycles. The molecule has 1 aromatic heterocycles. The summed E-state index contributed by atoms with van der Waals surface area (Å²) in [5, 5.41) is 3.18. The average Bonchev–Trinajstić information content (AvgIpc) is 2.32. The Morgan fingerprint density at radius 1 is 1.50 bits per heavy atom. The van der Waals surface area contributed by atoms with Gasteiger partial charge in [-0.1, -0.05) is 0 Å². The van der Waals surface area contributed by atoms with Crippen molar-refractivity contribution in [2.45, 2.75) is 25.6 Å². The minimum absolute atomic E-state index is 0.0102. The molecular weight excluding hydrogens is 245 g/mol. The molecule has 1 fully saturated rings. The first-order valence-corrected chi connectivity index (χ1v) is 5.82. The highest BCUT2D eigenvalue weighted by molar-refractivity contribution is 5.27. The van der Waals surface area contributed by atoms with Gasteiger partial charge >= 0.3 is 6.18 Å². The third kappa shape index (κ3) is 3.20. The summed E-state index contributed by atoms with van der Waals surface area (Å²) in [7, 11) is 0. The summed E-state index contributed by atoms with van der Waals surface area (Å²) < 4.78 is 42.9. The first kappa shape index (κ1) is 13.3. The number of alkyl halides is 3. The molecule has 0 amide bonds. The van der Waals surface area contributed by atoms with Crippen molar-refractivity contribution in [3.8, 4) is 0 Å². The lowest BCUT2D eigenvalue weighted by atomic mass is 10.0. The quantitative estimate of drug-likeness (QED) is 0.882. The van der Waals surface area contributed by atoms with Gasteiger partial charge in [-0.05, 0) is 24.1 Å². The van der Waals surface area contributed by atoms with Crippen LogP contribution in [-0.4, -0.2) is 30.8 Å². The van der Waals surface area contributed by atoms with E-state index in [2.05, 4.69) is 10.3 Å². The van der Waals surface area contributed by atoms with Crippen LogP contribution in [0.2, 0.25) is 0 Å². The molecule has 0 aromatic carbocycles. The third-order valence-electron chi connectivity index (χ3n) is 2.96. The summed E-state index contributed by atoms with van der Waals surface area (Å²) in [6.07, 6.45) is -2.48. The van der Waals surface area contributed by atoms with E-state index in [4.69, 9.17) is 4.74 Å². The van der Waals surface area contributed by atoms with Gasteiger partial charge in [-0.3, -0.25) is 4.98 Å². The minimum atomic E-state index is -4.38. The first-order valence-electron chi connectivity index (χ1n) is 5.82. The topological polar surface area (TPSA) is 34.2 Å². The van der Waals surface area contributed by atoms with Crippen molar-refractivity contribution in [3.63, 3.8) is 0 Å². The average molecular weight is 260 g/mol. The Morgan fingerprint density at radius 3 is 2.83 bits per heavy atom. The van der Waals surface area contributed by atoms with E-state index in [9.17, 15) is 13.2 Å². The second kappa shape index (κ2) is 5.24. The Bertz CT molecular complexity index is 414. The highest BCUT2D eigenvalue weighted by Crippen LogP contribution is 2.28. The standard InChI is InChI=1S/C12H15F3N2O/c1-8-4-11(12(13,14)15)17-6-9(8)5-10-7-16-2-3-18-10/h4,6,10,16H,2-3,5,7H2,1H3. The SMILES string of the molecule is Cc1cc(C(F)(F)F)ncc1CC1CNCCO1. The van der Waals surface area contributed by atoms with Crippen LogP contribution in [-0.2, 0) is 17.3 Å². The first-order chi connectivity index (χ1) is 8.47. The van der Waals surface area contributed by atoms with Crippen molar-refractivity contribution in [2.75, 3.05) is 19.7 Å². The molecular formula is C12H15F3N2O. The molecule has 1 atom stereocenters. The molecule has 18 heavy (non-hydrogen) atoms. The summed E-state index contributed by atoms with van der Waals surface area (Å²) in [4.78, 5) is 3.48. The molecule has 1 aromatic rings. The number of hydrogen-bond acceptors (Lipinski definition) is 3. The van der Waals surface area contributed by atoms with Crippen LogP contribution >= 0.6 is 0 Å². The van der Waals surface area contributed by atoms with Crippen molar-refractivity contribution in [1.82, 2.24) is 10.3 Å². The maximum atomic E-state index is 12.5. The Morgan fingerprint density at radius 2 is 2.28 bits per heavy atom. The third-order valence-corrected chi connectivity index (χ3v) is 2.96. The molecule has 2 rings (SSSR count). The van der Waals surface area contributed by atoms with Crippen molar-refractivity contribution in [3.05, 3.63) is 29.1 Å². The number of ether oxygens (including phenoxy) is 1. The van der Waals surface area contributed by atoms with Crippen molar-refractivity contribution >= 4 is 0 Å². The molecule has 0 bridgehead atoms. The van der Waals surface area contributed by atoms with Crippen molar-refractivity contribution in [1.29, 1.82) is 0 Å². The van der Waals surface area contributed by atoms with Gasteiger partial charge in [0.05, 0.1) is 12.7 Å². The van der Waals surface area contributed by atoms with Crippen LogP contribution in [0.4, 0.5) is 13.2 Å². The van der Waals surface area contributed by atoms with Crippen LogP contribution in [0, 0.1) is 6.92 Å². The van der Waals surface area contributed by atoms with E-state index in [1.807, 2.05) is 0 Å².